The van der Waals surface area contributed by atoms with Crippen molar-refractivity contribution in [2.45, 2.75) is 0 Å². The van der Waals surface area contributed by atoms with Crippen LogP contribution in [0.2, 0.25) is 0 Å². The van der Waals surface area contributed by atoms with Crippen LogP contribution in [0.1, 0.15) is 0 Å². The van der Waals surface area contributed by atoms with Crippen molar-refractivity contribution in [3.05, 3.63) is 158 Å². The van der Waals surface area contributed by atoms with E-state index in [1.165, 1.54) is 0 Å². The fourth-order valence-electron chi connectivity index (χ4n) is 6.89. The summed E-state index contributed by atoms with van der Waals surface area (Å²) >= 11 is 0. The molecule has 0 bridgehead atoms. The van der Waals surface area contributed by atoms with Crippen molar-refractivity contribution >= 4 is 43.2 Å². The van der Waals surface area contributed by atoms with Crippen molar-refractivity contribution < 1.29 is 29.0 Å². The molecule has 220 valence electrons. The SMILES string of the molecule is [Li+].[O-]c1ccc(-c2c3ccccc3cc3c2ccc2c(-c4nc(-c5ccccc5)cc(-c5ccccc5)n4)cccc23)c2ccc[nH+]c12. The fourth-order valence-corrected chi connectivity index (χ4v) is 6.89. The van der Waals surface area contributed by atoms with E-state index in [1.54, 1.807) is 6.07 Å². The number of pyridine rings is 1. The van der Waals surface area contributed by atoms with Crippen LogP contribution in [0, 0.1) is 0 Å². The minimum Gasteiger partial charge on any atom is -0.868 e. The number of hydrogen-bond acceptors (Lipinski definition) is 3. The number of nitrogens with one attached hydrogen (secondary N) is 1. The van der Waals surface area contributed by atoms with E-state index in [9.17, 15) is 5.11 Å². The van der Waals surface area contributed by atoms with Crippen molar-refractivity contribution in [1.82, 2.24) is 9.97 Å². The molecule has 9 rings (SSSR count). The first-order valence-corrected chi connectivity index (χ1v) is 15.7. The molecular formula is C43H27LiN3O+. The van der Waals surface area contributed by atoms with Crippen LogP contribution in [0.3, 0.4) is 0 Å². The summed E-state index contributed by atoms with van der Waals surface area (Å²) in [6, 6.07) is 51.8. The van der Waals surface area contributed by atoms with Crippen LogP contribution in [0.5, 0.6) is 5.75 Å². The van der Waals surface area contributed by atoms with Gasteiger partial charge in [-0.2, -0.15) is 0 Å². The zero-order chi connectivity index (χ0) is 31.3. The van der Waals surface area contributed by atoms with Crippen LogP contribution in [0.15, 0.2) is 158 Å². The molecule has 1 N–H and O–H groups in total. The second kappa shape index (κ2) is 12.1. The molecule has 9 aromatic rings. The predicted molar refractivity (Wildman–Crippen MR) is 190 cm³/mol. The second-order valence-electron chi connectivity index (χ2n) is 11.8. The summed E-state index contributed by atoms with van der Waals surface area (Å²) in [6.45, 7) is 0. The zero-order valence-corrected chi connectivity index (χ0v) is 26.3. The molecule has 4 nitrogen and oxygen atoms in total. The van der Waals surface area contributed by atoms with E-state index in [-0.39, 0.29) is 24.6 Å². The summed E-state index contributed by atoms with van der Waals surface area (Å²) in [5.41, 5.74) is 7.58. The van der Waals surface area contributed by atoms with Crippen LogP contribution in [-0.4, -0.2) is 9.97 Å². The van der Waals surface area contributed by atoms with Gasteiger partial charge in [0.05, 0.1) is 16.8 Å². The Bertz CT molecular complexity index is 2580. The molecule has 0 aliphatic heterocycles. The zero-order valence-electron chi connectivity index (χ0n) is 26.3. The van der Waals surface area contributed by atoms with E-state index in [0.29, 0.717) is 11.3 Å². The topological polar surface area (TPSA) is 63.0 Å². The van der Waals surface area contributed by atoms with Gasteiger partial charge in [-0.05, 0) is 67.4 Å². The Morgan fingerprint density at radius 2 is 1.10 bits per heavy atom. The maximum absolute atomic E-state index is 12.8. The molecule has 48 heavy (non-hydrogen) atoms. The van der Waals surface area contributed by atoms with Gasteiger partial charge in [0.1, 0.15) is 0 Å². The maximum Gasteiger partial charge on any atom is 1.00 e. The number of H-pyrrole nitrogens is 1. The van der Waals surface area contributed by atoms with E-state index in [1.807, 2.05) is 60.8 Å². The Labute approximate surface area is 289 Å². The summed E-state index contributed by atoms with van der Waals surface area (Å²) in [4.78, 5) is 13.5. The molecule has 2 aromatic heterocycles. The number of fused-ring (bicyclic) bond motifs is 5. The number of aromatic nitrogens is 3. The molecule has 5 heteroatoms. The molecule has 0 spiro atoms. The summed E-state index contributed by atoms with van der Waals surface area (Å²) in [5, 5.41) is 20.5. The Morgan fingerprint density at radius 1 is 0.458 bits per heavy atom. The average molecular weight is 609 g/mol. The van der Waals surface area contributed by atoms with Crippen molar-refractivity contribution in [2.75, 3.05) is 0 Å². The van der Waals surface area contributed by atoms with E-state index in [2.05, 4.69) is 96.0 Å². The van der Waals surface area contributed by atoms with Crippen LogP contribution in [-0.2, 0) is 0 Å². The van der Waals surface area contributed by atoms with Gasteiger partial charge in [0, 0.05) is 22.8 Å². The van der Waals surface area contributed by atoms with Crippen molar-refractivity contribution in [1.29, 1.82) is 0 Å². The van der Waals surface area contributed by atoms with Gasteiger partial charge >= 0.3 is 18.9 Å². The van der Waals surface area contributed by atoms with E-state index < -0.39 is 0 Å². The van der Waals surface area contributed by atoms with Gasteiger partial charge in [-0.25, -0.2) is 15.0 Å². The molecule has 0 atom stereocenters. The molecule has 7 aromatic carbocycles. The third-order valence-electron chi connectivity index (χ3n) is 9.07. The van der Waals surface area contributed by atoms with Crippen molar-refractivity contribution in [3.8, 4) is 50.8 Å². The molecule has 0 saturated heterocycles. The minimum atomic E-state index is -0.0170. The first-order valence-electron chi connectivity index (χ1n) is 15.7. The van der Waals surface area contributed by atoms with Crippen LogP contribution in [0.25, 0.3) is 88.2 Å². The van der Waals surface area contributed by atoms with Gasteiger partial charge in [0.15, 0.2) is 12.0 Å². The number of rotatable bonds is 4. The molecule has 0 aliphatic rings. The monoisotopic (exact) mass is 608 g/mol. The Morgan fingerprint density at radius 3 is 1.85 bits per heavy atom. The van der Waals surface area contributed by atoms with Gasteiger partial charge in [0.25, 0.3) is 0 Å². The van der Waals surface area contributed by atoms with Crippen molar-refractivity contribution in [3.63, 3.8) is 0 Å². The van der Waals surface area contributed by atoms with Crippen LogP contribution >= 0.6 is 0 Å². The predicted octanol–water partition coefficient (Wildman–Crippen LogP) is 6.65. The van der Waals surface area contributed by atoms with Crippen LogP contribution < -0.4 is 29.0 Å². The molecule has 0 unspecified atom stereocenters. The summed E-state index contributed by atoms with van der Waals surface area (Å²) in [7, 11) is 0. The quantitative estimate of drug-likeness (QED) is 0.128. The molecule has 0 amide bonds. The van der Waals surface area contributed by atoms with E-state index >= 15 is 0 Å². The largest absolute Gasteiger partial charge is 1.00 e. The third kappa shape index (κ3) is 4.91. The molecule has 0 saturated carbocycles. The Hall–Kier alpha value is -5.79. The summed E-state index contributed by atoms with van der Waals surface area (Å²) in [6.07, 6.45) is 1.81. The first kappa shape index (κ1) is 29.6. The van der Waals surface area contributed by atoms with E-state index in [4.69, 9.17) is 9.97 Å². The first-order chi connectivity index (χ1) is 23.2. The Balaban J connectivity index is 0.00000336. The number of hydrogen-bond donors (Lipinski definition) is 0. The van der Waals surface area contributed by atoms with E-state index in [0.717, 1.165) is 76.9 Å². The number of benzene rings is 7. The summed E-state index contributed by atoms with van der Waals surface area (Å²) in [5.74, 6) is 0.667. The fraction of sp³-hybridized carbons (Fsp3) is 0. The molecular weight excluding hydrogens is 581 g/mol. The van der Waals surface area contributed by atoms with Gasteiger partial charge < -0.3 is 5.11 Å². The maximum atomic E-state index is 12.8. The van der Waals surface area contributed by atoms with Crippen LogP contribution in [0.4, 0.5) is 0 Å². The Kier molecular flexibility index (Phi) is 7.46. The van der Waals surface area contributed by atoms with Crippen molar-refractivity contribution in [2.24, 2.45) is 0 Å². The third-order valence-corrected chi connectivity index (χ3v) is 9.07. The molecule has 0 fully saturated rings. The number of nitrogens with zero attached hydrogens (tertiary/aromatic N) is 2. The molecule has 0 aliphatic carbocycles. The molecule has 0 radical (unpaired) electrons. The van der Waals surface area contributed by atoms with Gasteiger partial charge in [-0.1, -0.05) is 127 Å². The summed E-state index contributed by atoms with van der Waals surface area (Å²) < 4.78 is 0. The second-order valence-corrected chi connectivity index (χ2v) is 11.8. The number of aromatic amines is 1. The minimum absolute atomic E-state index is 0. The van der Waals surface area contributed by atoms with Gasteiger partial charge in [-0.15, -0.1) is 0 Å². The van der Waals surface area contributed by atoms with Gasteiger partial charge in [0.2, 0.25) is 5.52 Å². The molecule has 2 heterocycles. The normalized spacial score (nSPS) is 11.2. The average Bonchev–Trinajstić information content (AvgIpc) is 3.14. The van der Waals surface area contributed by atoms with Gasteiger partial charge in [-0.3, -0.25) is 0 Å². The smallest absolute Gasteiger partial charge is 0.868 e. The standard InChI is InChI=1S/C43H27N3O.Li/c47-40-23-22-33(35-19-10-24-44-42(35)40)41-30-16-8-7-15-29(30)25-37-31-17-9-18-36(32(31)20-21-34(37)41)43-45-38(27-11-3-1-4-12-27)26-39(46-43)28-13-5-2-6-14-28;/h1-26,47H;/q;+1.